The fourth-order valence-electron chi connectivity index (χ4n) is 2.28. The van der Waals surface area contributed by atoms with Crippen molar-refractivity contribution in [2.75, 3.05) is 43.9 Å². The molecule has 0 radical (unpaired) electrons. The van der Waals surface area contributed by atoms with Crippen molar-refractivity contribution in [1.82, 2.24) is 4.90 Å². The van der Waals surface area contributed by atoms with Crippen LogP contribution in [0.1, 0.15) is 0 Å². The third-order valence-electron chi connectivity index (χ3n) is 3.35. The van der Waals surface area contributed by atoms with E-state index in [2.05, 4.69) is 0 Å². The van der Waals surface area contributed by atoms with Crippen molar-refractivity contribution in [2.24, 2.45) is 0 Å². The summed E-state index contributed by atoms with van der Waals surface area (Å²) >= 11 is 0. The molecule has 1 heterocycles. The van der Waals surface area contributed by atoms with Gasteiger partial charge in [0.15, 0.2) is 0 Å². The molecular formula is C13H16F3N3O2. The zero-order valence-electron chi connectivity index (χ0n) is 11.5. The number of ether oxygens (including phenoxy) is 1. The minimum atomic E-state index is -4.82. The molecule has 0 aromatic heterocycles. The zero-order chi connectivity index (χ0) is 15.6. The molecule has 0 aliphatic carbocycles. The first-order valence-electron chi connectivity index (χ1n) is 6.37. The molecule has 1 aliphatic rings. The number of carbonyl (C=O) groups excluding carboxylic acids is 1. The summed E-state index contributed by atoms with van der Waals surface area (Å²) in [5, 5.41) is 0. The van der Waals surface area contributed by atoms with Gasteiger partial charge in [-0.2, -0.15) is 13.2 Å². The molecule has 1 aromatic carbocycles. The van der Waals surface area contributed by atoms with Crippen LogP contribution in [0.2, 0.25) is 0 Å². The van der Waals surface area contributed by atoms with E-state index < -0.39 is 12.1 Å². The van der Waals surface area contributed by atoms with Crippen molar-refractivity contribution >= 4 is 17.3 Å². The molecule has 0 atom stereocenters. The average Bonchev–Trinajstić information content (AvgIpc) is 2.45. The minimum absolute atomic E-state index is 0.0102. The predicted molar refractivity (Wildman–Crippen MR) is 72.3 cm³/mol. The normalized spacial score (nSPS) is 16.0. The second-order valence-corrected chi connectivity index (χ2v) is 4.71. The number of amides is 1. The number of hydrogen-bond acceptors (Lipinski definition) is 4. The third kappa shape index (κ3) is 3.32. The summed E-state index contributed by atoms with van der Waals surface area (Å²) in [6.07, 6.45) is -4.82. The van der Waals surface area contributed by atoms with Crippen molar-refractivity contribution in [3.05, 3.63) is 18.2 Å². The van der Waals surface area contributed by atoms with Gasteiger partial charge in [0.2, 0.25) is 0 Å². The minimum Gasteiger partial charge on any atom is -0.495 e. The highest BCUT2D eigenvalue weighted by Crippen LogP contribution is 2.31. The smallest absolute Gasteiger partial charge is 0.471 e. The van der Waals surface area contributed by atoms with Crippen molar-refractivity contribution in [1.29, 1.82) is 0 Å². The number of rotatable bonds is 2. The highest BCUT2D eigenvalue weighted by molar-refractivity contribution is 5.82. The Bertz CT molecular complexity index is 526. The van der Waals surface area contributed by atoms with Gasteiger partial charge in [0, 0.05) is 31.9 Å². The van der Waals surface area contributed by atoms with Gasteiger partial charge in [-0.1, -0.05) is 0 Å². The molecule has 5 nitrogen and oxygen atoms in total. The molecule has 1 aliphatic heterocycles. The number of anilines is 2. The molecule has 8 heteroatoms. The number of piperazine rings is 1. The van der Waals surface area contributed by atoms with E-state index in [1.54, 1.807) is 18.2 Å². The zero-order valence-corrected chi connectivity index (χ0v) is 11.5. The fourth-order valence-corrected chi connectivity index (χ4v) is 2.28. The van der Waals surface area contributed by atoms with Gasteiger partial charge in [0.25, 0.3) is 0 Å². The number of nitrogen functional groups attached to an aromatic ring is 1. The molecule has 0 unspecified atom stereocenters. The highest BCUT2D eigenvalue weighted by Gasteiger charge is 2.43. The number of halogens is 3. The molecule has 2 rings (SSSR count). The molecule has 1 amide bonds. The maximum atomic E-state index is 12.4. The van der Waals surface area contributed by atoms with Gasteiger partial charge in [-0.3, -0.25) is 4.79 Å². The number of carbonyl (C=O) groups is 1. The van der Waals surface area contributed by atoms with E-state index in [-0.39, 0.29) is 13.1 Å². The van der Waals surface area contributed by atoms with Crippen LogP contribution in [0.5, 0.6) is 5.75 Å². The lowest BCUT2D eigenvalue weighted by Crippen LogP contribution is -2.52. The van der Waals surface area contributed by atoms with Crippen LogP contribution in [-0.2, 0) is 4.79 Å². The van der Waals surface area contributed by atoms with Crippen LogP contribution in [0, 0.1) is 0 Å². The van der Waals surface area contributed by atoms with E-state index in [4.69, 9.17) is 10.5 Å². The van der Waals surface area contributed by atoms with E-state index >= 15 is 0 Å². The Morgan fingerprint density at radius 3 is 2.38 bits per heavy atom. The lowest BCUT2D eigenvalue weighted by atomic mass is 10.2. The Labute approximate surface area is 120 Å². The Morgan fingerprint density at radius 1 is 1.24 bits per heavy atom. The van der Waals surface area contributed by atoms with E-state index in [1.165, 1.54) is 7.11 Å². The molecular weight excluding hydrogens is 287 g/mol. The van der Waals surface area contributed by atoms with Gasteiger partial charge >= 0.3 is 12.1 Å². The van der Waals surface area contributed by atoms with E-state index in [1.807, 2.05) is 4.90 Å². The Balaban J connectivity index is 2.08. The third-order valence-corrected chi connectivity index (χ3v) is 3.35. The van der Waals surface area contributed by atoms with Crippen LogP contribution in [0.3, 0.4) is 0 Å². The first-order valence-corrected chi connectivity index (χ1v) is 6.37. The first-order chi connectivity index (χ1) is 9.82. The molecule has 1 aromatic rings. The van der Waals surface area contributed by atoms with Crippen molar-refractivity contribution < 1.29 is 22.7 Å². The SMILES string of the molecule is COc1ccc(N)cc1N1CCN(C(=O)C(F)(F)F)CC1. The van der Waals surface area contributed by atoms with Crippen LogP contribution >= 0.6 is 0 Å². The lowest BCUT2D eigenvalue weighted by Gasteiger charge is -2.36. The summed E-state index contributed by atoms with van der Waals surface area (Å²) in [6.45, 7) is 0.607. The number of benzene rings is 1. The summed E-state index contributed by atoms with van der Waals surface area (Å²) in [6, 6.07) is 5.10. The monoisotopic (exact) mass is 303 g/mol. The van der Waals surface area contributed by atoms with Crippen LogP contribution in [0.15, 0.2) is 18.2 Å². The predicted octanol–water partition coefficient (Wildman–Crippen LogP) is 1.49. The molecule has 0 spiro atoms. The summed E-state index contributed by atoms with van der Waals surface area (Å²) in [4.78, 5) is 13.8. The molecule has 1 saturated heterocycles. The second-order valence-electron chi connectivity index (χ2n) is 4.71. The number of alkyl halides is 3. The first kappa shape index (κ1) is 15.3. The van der Waals surface area contributed by atoms with Crippen molar-refractivity contribution in [2.45, 2.75) is 6.18 Å². The van der Waals surface area contributed by atoms with Crippen LogP contribution in [0.4, 0.5) is 24.5 Å². The largest absolute Gasteiger partial charge is 0.495 e. The van der Waals surface area contributed by atoms with E-state index in [0.29, 0.717) is 24.5 Å². The van der Waals surface area contributed by atoms with Crippen LogP contribution in [-0.4, -0.2) is 50.3 Å². The summed E-state index contributed by atoms with van der Waals surface area (Å²) in [7, 11) is 1.51. The lowest BCUT2D eigenvalue weighted by molar-refractivity contribution is -0.185. The standard InChI is InChI=1S/C13H16F3N3O2/c1-21-11-3-2-9(17)8-10(11)18-4-6-19(7-5-18)12(20)13(14,15)16/h2-3,8H,4-7,17H2,1H3. The summed E-state index contributed by atoms with van der Waals surface area (Å²) in [5.74, 6) is -1.19. The summed E-state index contributed by atoms with van der Waals surface area (Å²) < 4.78 is 42.4. The molecule has 0 bridgehead atoms. The fraction of sp³-hybridized carbons (Fsp3) is 0.462. The Kier molecular flexibility index (Phi) is 4.15. The quantitative estimate of drug-likeness (QED) is 0.841. The van der Waals surface area contributed by atoms with Gasteiger partial charge in [0.1, 0.15) is 5.75 Å². The maximum absolute atomic E-state index is 12.4. The molecule has 21 heavy (non-hydrogen) atoms. The number of nitrogens with two attached hydrogens (primary N) is 1. The van der Waals surface area contributed by atoms with Gasteiger partial charge in [-0.05, 0) is 18.2 Å². The van der Waals surface area contributed by atoms with E-state index in [9.17, 15) is 18.0 Å². The average molecular weight is 303 g/mol. The second kappa shape index (κ2) is 5.71. The van der Waals surface area contributed by atoms with Gasteiger partial charge in [-0.15, -0.1) is 0 Å². The molecule has 116 valence electrons. The van der Waals surface area contributed by atoms with Crippen molar-refractivity contribution in [3.63, 3.8) is 0 Å². The molecule has 0 saturated carbocycles. The number of methoxy groups -OCH3 is 1. The molecule has 1 fully saturated rings. The Morgan fingerprint density at radius 2 is 1.86 bits per heavy atom. The Hall–Kier alpha value is -2.12. The van der Waals surface area contributed by atoms with Gasteiger partial charge in [0.05, 0.1) is 12.8 Å². The topological polar surface area (TPSA) is 58.8 Å². The summed E-state index contributed by atoms with van der Waals surface area (Å²) in [5.41, 5.74) is 6.99. The van der Waals surface area contributed by atoms with E-state index in [0.717, 1.165) is 10.6 Å². The van der Waals surface area contributed by atoms with Gasteiger partial charge in [-0.25, -0.2) is 0 Å². The maximum Gasteiger partial charge on any atom is 0.471 e. The number of hydrogen-bond donors (Lipinski definition) is 1. The highest BCUT2D eigenvalue weighted by atomic mass is 19.4. The molecule has 2 N–H and O–H groups in total. The number of nitrogens with zero attached hydrogens (tertiary/aromatic N) is 2. The van der Waals surface area contributed by atoms with Crippen LogP contribution in [0.25, 0.3) is 0 Å². The van der Waals surface area contributed by atoms with Gasteiger partial charge < -0.3 is 20.3 Å². The van der Waals surface area contributed by atoms with Crippen LogP contribution < -0.4 is 15.4 Å². The van der Waals surface area contributed by atoms with Crippen molar-refractivity contribution in [3.8, 4) is 5.75 Å².